The highest BCUT2D eigenvalue weighted by Gasteiger charge is 2.18. The van der Waals surface area contributed by atoms with Gasteiger partial charge in [-0.3, -0.25) is 4.79 Å². The molecule has 0 saturated carbocycles. The van der Waals surface area contributed by atoms with E-state index in [4.69, 9.17) is 0 Å². The normalized spacial score (nSPS) is 12.1. The summed E-state index contributed by atoms with van der Waals surface area (Å²) in [6, 6.07) is 3.88. The summed E-state index contributed by atoms with van der Waals surface area (Å²) in [5.74, 6) is 0.474. The van der Waals surface area contributed by atoms with E-state index in [0.717, 1.165) is 22.3 Å². The Labute approximate surface area is 162 Å². The van der Waals surface area contributed by atoms with E-state index in [1.807, 2.05) is 51.3 Å². The monoisotopic (exact) mass is 389 g/mol. The summed E-state index contributed by atoms with van der Waals surface area (Å²) in [6.45, 7) is 7.62. The second-order valence-electron chi connectivity index (χ2n) is 8.32. The van der Waals surface area contributed by atoms with E-state index in [-0.39, 0.29) is 11.3 Å². The maximum absolute atomic E-state index is 12.7. The van der Waals surface area contributed by atoms with Gasteiger partial charge in [-0.05, 0) is 37.0 Å². The highest BCUT2D eigenvalue weighted by molar-refractivity contribution is 5.92. The number of carbonyl (C=O) groups excluding carboxylic acids is 1. The molecule has 0 fully saturated rings. The van der Waals surface area contributed by atoms with Crippen molar-refractivity contribution in [2.75, 3.05) is 5.32 Å². The number of nitrogens with one attached hydrogen (secondary N) is 1. The molecule has 0 saturated heterocycles. The average molecular weight is 389 g/mol. The zero-order valence-electron chi connectivity index (χ0n) is 16.8. The van der Waals surface area contributed by atoms with Crippen molar-refractivity contribution in [3.05, 3.63) is 41.3 Å². The molecule has 1 N–H and O–H groups in total. The van der Waals surface area contributed by atoms with E-state index in [0.29, 0.717) is 29.0 Å². The quantitative estimate of drug-likeness (QED) is 0.690. The zero-order valence-corrected chi connectivity index (χ0v) is 16.8. The van der Waals surface area contributed by atoms with E-state index < -0.39 is 6.55 Å². The van der Waals surface area contributed by atoms with Crippen LogP contribution >= 0.6 is 0 Å². The Hall–Kier alpha value is -2.77. The van der Waals surface area contributed by atoms with Crippen molar-refractivity contribution in [2.45, 2.75) is 54.1 Å². The van der Waals surface area contributed by atoms with Crippen LogP contribution in [-0.4, -0.2) is 25.2 Å². The Kier molecular flexibility index (Phi) is 5.23. The summed E-state index contributed by atoms with van der Waals surface area (Å²) in [6.07, 6.45) is 3.19. The molecule has 0 aliphatic carbocycles. The predicted octanol–water partition coefficient (Wildman–Crippen LogP) is 4.67. The smallest absolute Gasteiger partial charge is 0.333 e. The van der Waals surface area contributed by atoms with Crippen LogP contribution < -0.4 is 5.32 Å². The summed E-state index contributed by atoms with van der Waals surface area (Å²) in [7, 11) is 0. The molecule has 0 radical (unpaired) electrons. The summed E-state index contributed by atoms with van der Waals surface area (Å²) in [4.78, 5) is 16.9. The van der Waals surface area contributed by atoms with Gasteiger partial charge in [0.05, 0.1) is 23.8 Å². The molecule has 0 aliphatic rings. The largest absolute Gasteiger partial charge is 0.339 e. The van der Waals surface area contributed by atoms with Gasteiger partial charge in [-0.2, -0.15) is 13.9 Å². The number of halogens is 2. The number of aromatic nitrogens is 4. The highest BCUT2D eigenvalue weighted by atomic mass is 19.3. The van der Waals surface area contributed by atoms with Crippen LogP contribution in [0.25, 0.3) is 11.0 Å². The van der Waals surface area contributed by atoms with Gasteiger partial charge in [0.2, 0.25) is 5.91 Å². The SMILES string of the molecule is Cc1cc2c(cc(C)n2Cc2cnn(C(F)F)c2)nc1NC(=O)CC(C)(C)C. The molecule has 0 unspecified atom stereocenters. The minimum absolute atomic E-state index is 0.0713. The van der Waals surface area contributed by atoms with Crippen molar-refractivity contribution in [2.24, 2.45) is 5.41 Å². The molecule has 6 nitrogen and oxygen atoms in total. The fourth-order valence-electron chi connectivity index (χ4n) is 3.14. The average Bonchev–Trinajstić information content (AvgIpc) is 3.13. The molecule has 28 heavy (non-hydrogen) atoms. The van der Waals surface area contributed by atoms with Gasteiger partial charge < -0.3 is 9.88 Å². The van der Waals surface area contributed by atoms with Crippen molar-refractivity contribution in [3.8, 4) is 0 Å². The summed E-state index contributed by atoms with van der Waals surface area (Å²) in [5, 5.41) is 6.59. The lowest BCUT2D eigenvalue weighted by molar-refractivity contribution is -0.117. The van der Waals surface area contributed by atoms with E-state index in [2.05, 4.69) is 15.4 Å². The van der Waals surface area contributed by atoms with Gasteiger partial charge in [-0.25, -0.2) is 9.67 Å². The van der Waals surface area contributed by atoms with Gasteiger partial charge in [0, 0.05) is 23.9 Å². The van der Waals surface area contributed by atoms with Gasteiger partial charge in [0.1, 0.15) is 5.82 Å². The number of hydrogen-bond acceptors (Lipinski definition) is 3. The first-order valence-corrected chi connectivity index (χ1v) is 9.12. The molecule has 3 aromatic heterocycles. The summed E-state index contributed by atoms with van der Waals surface area (Å²) < 4.78 is 28.1. The van der Waals surface area contributed by atoms with Crippen molar-refractivity contribution in [3.63, 3.8) is 0 Å². The number of aryl methyl sites for hydroxylation is 2. The van der Waals surface area contributed by atoms with Gasteiger partial charge in [-0.1, -0.05) is 20.8 Å². The Balaban J connectivity index is 1.89. The number of pyridine rings is 1. The zero-order chi connectivity index (χ0) is 20.6. The Morgan fingerprint density at radius 1 is 1.25 bits per heavy atom. The third-order valence-corrected chi connectivity index (χ3v) is 4.43. The molecular weight excluding hydrogens is 364 g/mol. The third-order valence-electron chi connectivity index (χ3n) is 4.43. The van der Waals surface area contributed by atoms with Crippen molar-refractivity contribution in [1.29, 1.82) is 0 Å². The standard InChI is InChI=1S/C20H25F2N5O/c1-12-6-16-15(24-18(12)25-17(28)8-20(3,4)5)7-13(2)26(16)10-14-9-23-27(11-14)19(21)22/h6-7,9,11,19H,8,10H2,1-5H3,(H,24,25,28). The van der Waals surface area contributed by atoms with Gasteiger partial charge in [0.15, 0.2) is 0 Å². The Bertz CT molecular complexity index is 1010. The molecule has 0 bridgehead atoms. The predicted molar refractivity (Wildman–Crippen MR) is 104 cm³/mol. The van der Waals surface area contributed by atoms with Crippen LogP contribution in [0, 0.1) is 19.3 Å². The lowest BCUT2D eigenvalue weighted by Crippen LogP contribution is -2.20. The first-order valence-electron chi connectivity index (χ1n) is 9.12. The third kappa shape index (κ3) is 4.37. The second kappa shape index (κ2) is 7.33. The van der Waals surface area contributed by atoms with Crippen LogP contribution in [-0.2, 0) is 11.3 Å². The van der Waals surface area contributed by atoms with Crippen molar-refractivity contribution in [1.82, 2.24) is 19.3 Å². The number of carbonyl (C=O) groups is 1. The number of rotatable bonds is 5. The maximum Gasteiger partial charge on any atom is 0.333 e. The summed E-state index contributed by atoms with van der Waals surface area (Å²) >= 11 is 0. The Morgan fingerprint density at radius 3 is 2.57 bits per heavy atom. The van der Waals surface area contributed by atoms with E-state index >= 15 is 0 Å². The van der Waals surface area contributed by atoms with Crippen LogP contribution in [0.4, 0.5) is 14.6 Å². The van der Waals surface area contributed by atoms with Crippen LogP contribution in [0.15, 0.2) is 24.5 Å². The topological polar surface area (TPSA) is 64.7 Å². The number of hydrogen-bond donors (Lipinski definition) is 1. The first-order chi connectivity index (χ1) is 13.0. The van der Waals surface area contributed by atoms with Crippen molar-refractivity contribution >= 4 is 22.8 Å². The van der Waals surface area contributed by atoms with Crippen molar-refractivity contribution < 1.29 is 13.6 Å². The van der Waals surface area contributed by atoms with Crippen LogP contribution in [0.1, 0.15) is 50.6 Å². The number of alkyl halides is 2. The molecule has 150 valence electrons. The number of anilines is 1. The van der Waals surface area contributed by atoms with Gasteiger partial charge >= 0.3 is 6.55 Å². The molecule has 0 atom stereocenters. The number of fused-ring (bicyclic) bond motifs is 1. The lowest BCUT2D eigenvalue weighted by Gasteiger charge is -2.17. The number of nitrogens with zero attached hydrogens (tertiary/aromatic N) is 4. The molecule has 8 heteroatoms. The highest BCUT2D eigenvalue weighted by Crippen LogP contribution is 2.26. The number of amides is 1. The van der Waals surface area contributed by atoms with Gasteiger partial charge in [0.25, 0.3) is 0 Å². The molecule has 0 aliphatic heterocycles. The van der Waals surface area contributed by atoms with Gasteiger partial charge in [-0.15, -0.1) is 0 Å². The maximum atomic E-state index is 12.7. The fourth-order valence-corrected chi connectivity index (χ4v) is 3.14. The molecule has 0 spiro atoms. The van der Waals surface area contributed by atoms with Crippen LogP contribution in [0.3, 0.4) is 0 Å². The molecule has 3 rings (SSSR count). The van der Waals surface area contributed by atoms with E-state index in [9.17, 15) is 13.6 Å². The van der Waals surface area contributed by atoms with Crippen LogP contribution in [0.5, 0.6) is 0 Å². The molecule has 3 heterocycles. The molecular formula is C20H25F2N5O. The second-order valence-corrected chi connectivity index (χ2v) is 8.32. The minimum Gasteiger partial charge on any atom is -0.339 e. The first kappa shape index (κ1) is 20.0. The van der Waals surface area contributed by atoms with Crippen LogP contribution in [0.2, 0.25) is 0 Å². The van der Waals surface area contributed by atoms with E-state index in [1.165, 1.54) is 12.4 Å². The minimum atomic E-state index is -2.65. The summed E-state index contributed by atoms with van der Waals surface area (Å²) in [5.41, 5.74) is 4.00. The molecule has 3 aromatic rings. The van der Waals surface area contributed by atoms with E-state index in [1.54, 1.807) is 0 Å². The lowest BCUT2D eigenvalue weighted by atomic mass is 9.92. The fraction of sp³-hybridized carbons (Fsp3) is 0.450. The molecule has 1 amide bonds. The Morgan fingerprint density at radius 2 is 1.96 bits per heavy atom. The molecule has 0 aromatic carbocycles.